The molecule has 2 aliphatic rings. The minimum absolute atomic E-state index is 0. The van der Waals surface area contributed by atoms with E-state index < -0.39 is 0 Å². The molecule has 0 saturated heterocycles. The molecule has 0 fully saturated rings. The average Bonchev–Trinajstić information content (AvgIpc) is 3.83. The summed E-state index contributed by atoms with van der Waals surface area (Å²) in [6.07, 6.45) is 15.4. The Balaban J connectivity index is 0.000000216. The summed E-state index contributed by atoms with van der Waals surface area (Å²) in [5.41, 5.74) is 11.2. The zero-order valence-corrected chi connectivity index (χ0v) is 37.0. The van der Waals surface area contributed by atoms with Gasteiger partial charge < -0.3 is 24.8 Å². The monoisotopic (exact) mass is 848 g/mol. The van der Waals surface area contributed by atoms with Crippen LogP contribution in [0.15, 0.2) is 109 Å². The second kappa shape index (κ2) is 18.9. The van der Waals surface area contributed by atoms with Crippen LogP contribution in [0, 0.1) is 27.7 Å². The third kappa shape index (κ3) is 9.95. The maximum Gasteiger partial charge on any atom is -0.0159 e. The summed E-state index contributed by atoms with van der Waals surface area (Å²) in [6, 6.07) is 27.3. The van der Waals surface area contributed by atoms with Gasteiger partial charge in [0.2, 0.25) is 0 Å². The Morgan fingerprint density at radius 1 is 0.520 bits per heavy atom. The molecule has 6 aromatic carbocycles. The van der Waals surface area contributed by atoms with Crippen molar-refractivity contribution in [3.05, 3.63) is 143 Å². The van der Waals surface area contributed by atoms with Crippen molar-refractivity contribution in [3.8, 4) is 0 Å². The quantitative estimate of drug-likeness (QED) is 0.168. The molecule has 0 amide bonds. The predicted molar refractivity (Wildman–Crippen MR) is 209 cm³/mol. The van der Waals surface area contributed by atoms with Crippen molar-refractivity contribution >= 4 is 60.6 Å². The van der Waals surface area contributed by atoms with E-state index in [2.05, 4.69) is 165 Å². The van der Waals surface area contributed by atoms with Crippen LogP contribution in [-0.4, -0.2) is 6.41 Å². The van der Waals surface area contributed by atoms with Gasteiger partial charge in [0.25, 0.3) is 0 Å². The Morgan fingerprint density at radius 2 is 0.860 bits per heavy atom. The first kappa shape index (κ1) is 42.1. The molecule has 4 heteroatoms. The van der Waals surface area contributed by atoms with E-state index in [9.17, 15) is 0 Å². The standard InChI is InChI=1S/2C20H17.2C3H6.2ClH.2Zr/c2*1-13-7-9-17-16(11-13)12-19-18(17)10-8-14(2)20(19)15-5-3-4-6-15;2*1-3-2;;;;/h2*3-5,7-12H,6H2,1-2H3;2*1-2H3;2*1H;;/q2*-1;;;;;;/p-2. The van der Waals surface area contributed by atoms with E-state index in [1.807, 2.05) is 0 Å². The van der Waals surface area contributed by atoms with E-state index in [-0.39, 0.29) is 24.8 Å². The Kier molecular flexibility index (Phi) is 15.9. The molecule has 2 aliphatic carbocycles. The fourth-order valence-corrected chi connectivity index (χ4v) is 6.75. The van der Waals surface area contributed by atoms with Gasteiger partial charge in [-0.1, -0.05) is 130 Å². The summed E-state index contributed by atoms with van der Waals surface area (Å²) in [7, 11) is 0. The van der Waals surface area contributed by atoms with Crippen molar-refractivity contribution < 1.29 is 73.3 Å². The number of aryl methyl sites for hydroxylation is 4. The van der Waals surface area contributed by atoms with Gasteiger partial charge in [-0.15, -0.1) is 67.4 Å². The van der Waals surface area contributed by atoms with Gasteiger partial charge in [-0.2, -0.15) is 0 Å². The molecule has 0 spiro atoms. The zero-order valence-electron chi connectivity index (χ0n) is 30.6. The maximum absolute atomic E-state index is 2.36. The van der Waals surface area contributed by atoms with Crippen LogP contribution < -0.4 is 24.8 Å². The van der Waals surface area contributed by atoms with Gasteiger partial charge in [0.1, 0.15) is 0 Å². The normalized spacial score (nSPS) is 12.5. The second-order valence-corrected chi connectivity index (χ2v) is 18.5. The smallest absolute Gasteiger partial charge is 0.0159 e. The van der Waals surface area contributed by atoms with Gasteiger partial charge in [-0.05, 0) is 40.5 Å². The molecule has 256 valence electrons. The van der Waals surface area contributed by atoms with Crippen LogP contribution in [-0.2, 0) is 48.5 Å². The number of benzene rings is 4. The van der Waals surface area contributed by atoms with Crippen LogP contribution in [0.2, 0.25) is 0 Å². The van der Waals surface area contributed by atoms with Crippen LogP contribution >= 0.6 is 0 Å². The summed E-state index contributed by atoms with van der Waals surface area (Å²) in [6.45, 7) is 17.3. The molecule has 0 bridgehead atoms. The van der Waals surface area contributed by atoms with Crippen LogP contribution in [0.5, 0.6) is 0 Å². The summed E-state index contributed by atoms with van der Waals surface area (Å²) in [4.78, 5) is 0. The number of rotatable bonds is 2. The third-order valence-electron chi connectivity index (χ3n) is 8.69. The van der Waals surface area contributed by atoms with Crippen LogP contribution in [0.1, 0.15) is 73.9 Å². The van der Waals surface area contributed by atoms with Gasteiger partial charge in [0, 0.05) is 0 Å². The van der Waals surface area contributed by atoms with Gasteiger partial charge in [-0.3, -0.25) is 0 Å². The van der Waals surface area contributed by atoms with E-state index in [0.29, 0.717) is 0 Å². The molecule has 0 saturated carbocycles. The fourth-order valence-electron chi connectivity index (χ4n) is 6.75. The van der Waals surface area contributed by atoms with Gasteiger partial charge in [0.05, 0.1) is 0 Å². The molecule has 0 aromatic heterocycles. The van der Waals surface area contributed by atoms with Gasteiger partial charge >= 0.3 is 82.6 Å². The molecule has 50 heavy (non-hydrogen) atoms. The van der Waals surface area contributed by atoms with Gasteiger partial charge in [-0.25, -0.2) is 0 Å². The molecule has 0 atom stereocenters. The molecule has 6 aromatic rings. The topological polar surface area (TPSA) is 0 Å². The van der Waals surface area contributed by atoms with E-state index in [0.717, 1.165) is 12.8 Å². The Bertz CT molecular complexity index is 2130. The van der Waals surface area contributed by atoms with Crippen molar-refractivity contribution in [2.75, 3.05) is 0 Å². The molecular weight excluding hydrogens is 806 g/mol. The maximum atomic E-state index is 2.36. The number of allylic oxidation sites excluding steroid dienone is 8. The van der Waals surface area contributed by atoms with E-state index in [4.69, 9.17) is 0 Å². The largest absolute Gasteiger partial charge is 1.00 e. The number of hydrogen-bond donors (Lipinski definition) is 0. The first-order valence-electron chi connectivity index (χ1n) is 16.9. The number of fused-ring (bicyclic) bond motifs is 6. The Hall–Kier alpha value is -2.33. The summed E-state index contributed by atoms with van der Waals surface area (Å²) in [5, 5.41) is 11.0. The summed E-state index contributed by atoms with van der Waals surface area (Å²) in [5.74, 6) is 0. The number of halogens is 2. The van der Waals surface area contributed by atoms with Gasteiger partial charge in [0.15, 0.2) is 0 Å². The zero-order chi connectivity index (χ0) is 34.5. The van der Waals surface area contributed by atoms with Crippen molar-refractivity contribution in [2.45, 2.75) is 68.2 Å². The van der Waals surface area contributed by atoms with Crippen molar-refractivity contribution in [1.82, 2.24) is 0 Å². The van der Waals surface area contributed by atoms with Crippen molar-refractivity contribution in [3.63, 3.8) is 0 Å². The SMILES string of the molecule is C[C](C)=[Zr].C[C](C)=[Zr].Cc1ccc2c(c1)[cH-]c1c(C3=CC=CC3)c(C)ccc12.Cc1ccc2c(c1)[cH-]c1c(C3=CC=CC3)c(C)ccc12.[Cl-].[Cl-]. The predicted octanol–water partition coefficient (Wildman–Crippen LogP) is 6.84. The Morgan fingerprint density at radius 3 is 1.18 bits per heavy atom. The molecule has 0 nitrogen and oxygen atoms in total. The molecule has 0 radical (unpaired) electrons. The van der Waals surface area contributed by atoms with Crippen LogP contribution in [0.25, 0.3) is 54.2 Å². The molecule has 0 aliphatic heterocycles. The first-order valence-corrected chi connectivity index (χ1v) is 19.3. The minimum atomic E-state index is 0. The summed E-state index contributed by atoms with van der Waals surface area (Å²) >= 11 is 3.11. The molecule has 0 heterocycles. The molecular formula is C46H46Cl2Zr2-4. The van der Waals surface area contributed by atoms with E-state index >= 15 is 0 Å². The number of hydrogen-bond acceptors (Lipinski definition) is 0. The fraction of sp³-hybridized carbons (Fsp3) is 0.217. The molecule has 0 unspecified atom stereocenters. The Labute approximate surface area is 341 Å². The van der Waals surface area contributed by atoms with E-state index in [1.54, 1.807) is 48.5 Å². The van der Waals surface area contributed by atoms with Crippen molar-refractivity contribution in [2.24, 2.45) is 0 Å². The first-order chi connectivity index (χ1) is 22.9. The third-order valence-corrected chi connectivity index (χ3v) is 8.69. The van der Waals surface area contributed by atoms with Crippen LogP contribution in [0.4, 0.5) is 0 Å². The van der Waals surface area contributed by atoms with E-state index in [1.165, 1.54) is 94.0 Å². The molecule has 0 N–H and O–H groups in total. The molecule has 8 rings (SSSR count). The average molecular weight is 852 g/mol. The minimum Gasteiger partial charge on any atom is -1.00 e. The van der Waals surface area contributed by atoms with Crippen LogP contribution in [0.3, 0.4) is 0 Å². The summed E-state index contributed by atoms with van der Waals surface area (Å²) < 4.78 is 3.01. The second-order valence-electron chi connectivity index (χ2n) is 13.6. The van der Waals surface area contributed by atoms with Crippen molar-refractivity contribution in [1.29, 1.82) is 0 Å².